The summed E-state index contributed by atoms with van der Waals surface area (Å²) in [4.78, 5) is 32.4. The number of aromatic nitrogens is 4. The number of nitrogens with one attached hydrogen (secondary N) is 1. The van der Waals surface area contributed by atoms with Gasteiger partial charge >= 0.3 is 6.61 Å². The fourth-order valence-electron chi connectivity index (χ4n) is 4.93. The van der Waals surface area contributed by atoms with Gasteiger partial charge in [0.25, 0.3) is 0 Å². The second-order valence-corrected chi connectivity index (χ2v) is 9.14. The number of anilines is 1. The van der Waals surface area contributed by atoms with Crippen LogP contribution in [0, 0.1) is 6.92 Å². The van der Waals surface area contributed by atoms with Crippen molar-refractivity contribution in [1.82, 2.24) is 24.8 Å². The summed E-state index contributed by atoms with van der Waals surface area (Å²) < 4.78 is 29.5. The van der Waals surface area contributed by atoms with Crippen molar-refractivity contribution >= 4 is 11.7 Å². The SMILES string of the molecule is Cc1nc2c(cc1-c1ncccn1)CC[C@@]1(CCN(C(=O)[C@H](C)c3ccnc(OC(F)F)c3)C1)N2. The number of hydrogen-bond acceptors (Lipinski definition) is 7. The first kappa shape index (κ1) is 23.1. The Kier molecular flexibility index (Phi) is 6.04. The molecule has 5 heterocycles. The summed E-state index contributed by atoms with van der Waals surface area (Å²) >= 11 is 0. The molecule has 2 aliphatic heterocycles. The third kappa shape index (κ3) is 4.65. The van der Waals surface area contributed by atoms with E-state index in [2.05, 4.69) is 31.1 Å². The van der Waals surface area contributed by atoms with Gasteiger partial charge in [0.15, 0.2) is 5.82 Å². The Morgan fingerprint density at radius 2 is 1.97 bits per heavy atom. The lowest BCUT2D eigenvalue weighted by Crippen LogP contribution is -2.46. The van der Waals surface area contributed by atoms with Crippen molar-refractivity contribution in [2.45, 2.75) is 51.2 Å². The van der Waals surface area contributed by atoms with E-state index < -0.39 is 12.5 Å². The number of amides is 1. The van der Waals surface area contributed by atoms with E-state index in [1.165, 1.54) is 12.3 Å². The first-order chi connectivity index (χ1) is 16.8. The van der Waals surface area contributed by atoms with Crippen LogP contribution in [0.2, 0.25) is 0 Å². The van der Waals surface area contributed by atoms with Crippen LogP contribution in [-0.4, -0.2) is 56.0 Å². The van der Waals surface area contributed by atoms with Crippen molar-refractivity contribution in [2.75, 3.05) is 18.4 Å². The quantitative estimate of drug-likeness (QED) is 0.591. The maximum Gasteiger partial charge on any atom is 0.388 e. The van der Waals surface area contributed by atoms with Gasteiger partial charge in [-0.2, -0.15) is 8.78 Å². The van der Waals surface area contributed by atoms with Crippen molar-refractivity contribution < 1.29 is 18.3 Å². The van der Waals surface area contributed by atoms with E-state index in [0.717, 1.165) is 41.9 Å². The van der Waals surface area contributed by atoms with E-state index in [0.29, 0.717) is 24.5 Å². The Morgan fingerprint density at radius 1 is 1.17 bits per heavy atom. The number of hydrogen-bond donors (Lipinski definition) is 1. The lowest BCUT2D eigenvalue weighted by molar-refractivity contribution is -0.131. The molecule has 2 atom stereocenters. The van der Waals surface area contributed by atoms with Crippen molar-refractivity contribution in [3.8, 4) is 17.3 Å². The van der Waals surface area contributed by atoms with Crippen LogP contribution < -0.4 is 10.1 Å². The zero-order valence-electron chi connectivity index (χ0n) is 19.5. The summed E-state index contributed by atoms with van der Waals surface area (Å²) in [5, 5.41) is 3.63. The number of halogens is 2. The molecule has 3 aromatic rings. The first-order valence-corrected chi connectivity index (χ1v) is 11.6. The standard InChI is InChI=1S/C25H26F2N6O2/c1-15(17-5-10-28-20(13-17)35-24(26)27)23(34)33-11-7-25(14-33)6-4-18-12-19(16(2)31-21(18)32-25)22-29-8-3-9-30-22/h3,5,8-10,12-13,15,24H,4,6-7,11,14H2,1-2H3,(H,31,32)/t15-,25+/m1/s1. The molecule has 1 N–H and O–H groups in total. The van der Waals surface area contributed by atoms with Crippen LogP contribution in [0.25, 0.3) is 11.4 Å². The number of aryl methyl sites for hydroxylation is 2. The number of alkyl halides is 2. The summed E-state index contributed by atoms with van der Waals surface area (Å²) in [6.45, 7) is 1.94. The number of ether oxygens (including phenoxy) is 1. The minimum atomic E-state index is -2.96. The second-order valence-electron chi connectivity index (χ2n) is 9.14. The summed E-state index contributed by atoms with van der Waals surface area (Å²) in [5.74, 6) is 0.758. The summed E-state index contributed by atoms with van der Waals surface area (Å²) in [7, 11) is 0. The molecule has 3 aromatic heterocycles. The minimum Gasteiger partial charge on any atom is -0.417 e. The zero-order valence-corrected chi connectivity index (χ0v) is 19.5. The Bertz CT molecular complexity index is 1240. The highest BCUT2D eigenvalue weighted by molar-refractivity contribution is 5.84. The summed E-state index contributed by atoms with van der Waals surface area (Å²) in [5.41, 5.74) is 3.24. The molecule has 1 saturated heterocycles. The number of likely N-dealkylation sites (tertiary alicyclic amines) is 1. The van der Waals surface area contributed by atoms with E-state index in [9.17, 15) is 13.6 Å². The lowest BCUT2D eigenvalue weighted by atomic mass is 9.86. The van der Waals surface area contributed by atoms with E-state index in [4.69, 9.17) is 4.98 Å². The van der Waals surface area contributed by atoms with Gasteiger partial charge in [-0.1, -0.05) is 0 Å². The van der Waals surface area contributed by atoms with Gasteiger partial charge in [-0.15, -0.1) is 0 Å². The smallest absolute Gasteiger partial charge is 0.388 e. The number of pyridine rings is 2. The molecule has 0 saturated carbocycles. The van der Waals surface area contributed by atoms with Gasteiger partial charge in [-0.05, 0) is 62.4 Å². The number of nitrogens with zero attached hydrogens (tertiary/aromatic N) is 5. The van der Waals surface area contributed by atoms with Crippen molar-refractivity contribution in [3.63, 3.8) is 0 Å². The van der Waals surface area contributed by atoms with E-state index in [-0.39, 0.29) is 17.3 Å². The molecule has 0 bridgehead atoms. The van der Waals surface area contributed by atoms with Crippen LogP contribution in [0.15, 0.2) is 42.9 Å². The molecule has 5 rings (SSSR count). The molecule has 0 aromatic carbocycles. The van der Waals surface area contributed by atoms with Crippen molar-refractivity contribution in [3.05, 3.63) is 59.7 Å². The molecular formula is C25H26F2N6O2. The zero-order chi connectivity index (χ0) is 24.6. The van der Waals surface area contributed by atoms with Gasteiger partial charge < -0.3 is 15.0 Å². The minimum absolute atomic E-state index is 0.0515. The van der Waals surface area contributed by atoms with Gasteiger partial charge in [0, 0.05) is 43.3 Å². The summed E-state index contributed by atoms with van der Waals surface area (Å²) in [6, 6.07) is 6.95. The fraction of sp³-hybridized carbons (Fsp3) is 0.400. The van der Waals surface area contributed by atoms with Crippen molar-refractivity contribution in [1.29, 1.82) is 0 Å². The second kappa shape index (κ2) is 9.16. The van der Waals surface area contributed by atoms with Gasteiger partial charge in [-0.25, -0.2) is 19.9 Å². The Hall–Kier alpha value is -3.69. The topological polar surface area (TPSA) is 93.1 Å². The largest absolute Gasteiger partial charge is 0.417 e. The Morgan fingerprint density at radius 3 is 2.74 bits per heavy atom. The van der Waals surface area contributed by atoms with Crippen LogP contribution >= 0.6 is 0 Å². The molecule has 1 amide bonds. The molecule has 0 unspecified atom stereocenters. The van der Waals surface area contributed by atoms with E-state index in [1.54, 1.807) is 31.5 Å². The predicted octanol–water partition coefficient (Wildman–Crippen LogP) is 3.98. The van der Waals surface area contributed by atoms with Gasteiger partial charge in [0.1, 0.15) is 5.82 Å². The third-order valence-electron chi connectivity index (χ3n) is 6.86. The fourth-order valence-corrected chi connectivity index (χ4v) is 4.93. The van der Waals surface area contributed by atoms with E-state index >= 15 is 0 Å². The lowest BCUT2D eigenvalue weighted by Gasteiger charge is -2.36. The molecule has 0 aliphatic carbocycles. The van der Waals surface area contributed by atoms with Crippen LogP contribution in [0.1, 0.15) is 42.5 Å². The number of rotatable bonds is 5. The Balaban J connectivity index is 1.30. The highest BCUT2D eigenvalue weighted by atomic mass is 19.3. The molecule has 2 aliphatic rings. The summed E-state index contributed by atoms with van der Waals surface area (Å²) in [6.07, 6.45) is 7.34. The van der Waals surface area contributed by atoms with Gasteiger partial charge in [0.2, 0.25) is 11.8 Å². The van der Waals surface area contributed by atoms with Crippen LogP contribution in [0.3, 0.4) is 0 Å². The molecule has 1 fully saturated rings. The molecular weight excluding hydrogens is 454 g/mol. The highest BCUT2D eigenvalue weighted by Crippen LogP contribution is 2.38. The van der Waals surface area contributed by atoms with Crippen LogP contribution in [0.5, 0.6) is 5.88 Å². The number of fused-ring (bicyclic) bond motifs is 1. The molecule has 182 valence electrons. The maximum atomic E-state index is 13.3. The maximum absolute atomic E-state index is 13.3. The first-order valence-electron chi connectivity index (χ1n) is 11.6. The monoisotopic (exact) mass is 480 g/mol. The number of carbonyl (C=O) groups excluding carboxylic acids is 1. The van der Waals surface area contributed by atoms with Gasteiger partial charge in [0.05, 0.1) is 17.2 Å². The Labute approximate surface area is 201 Å². The van der Waals surface area contributed by atoms with E-state index in [1.807, 2.05) is 11.8 Å². The highest BCUT2D eigenvalue weighted by Gasteiger charge is 2.43. The molecule has 0 radical (unpaired) electrons. The average molecular weight is 481 g/mol. The molecule has 10 heteroatoms. The third-order valence-corrected chi connectivity index (χ3v) is 6.86. The molecule has 8 nitrogen and oxygen atoms in total. The molecule has 35 heavy (non-hydrogen) atoms. The average Bonchev–Trinajstić information content (AvgIpc) is 3.26. The predicted molar refractivity (Wildman–Crippen MR) is 125 cm³/mol. The normalized spacial score (nSPS) is 20.0. The van der Waals surface area contributed by atoms with Gasteiger partial charge in [-0.3, -0.25) is 4.79 Å². The van der Waals surface area contributed by atoms with Crippen molar-refractivity contribution in [2.24, 2.45) is 0 Å². The molecule has 1 spiro atoms. The number of carbonyl (C=O) groups is 1. The van der Waals surface area contributed by atoms with Crippen LogP contribution in [0.4, 0.5) is 14.6 Å². The van der Waals surface area contributed by atoms with Crippen LogP contribution in [-0.2, 0) is 11.2 Å².